The molecule has 0 amide bonds. The first-order chi connectivity index (χ1) is 9.72. The largest absolute Gasteiger partial charge is 0.440 e. The highest BCUT2D eigenvalue weighted by molar-refractivity contribution is 6.30. The van der Waals surface area contributed by atoms with Crippen LogP contribution in [0.3, 0.4) is 0 Å². The molecule has 0 N–H and O–H groups in total. The van der Waals surface area contributed by atoms with E-state index < -0.39 is 0 Å². The van der Waals surface area contributed by atoms with E-state index >= 15 is 0 Å². The van der Waals surface area contributed by atoms with Crippen LogP contribution in [0.5, 0.6) is 0 Å². The van der Waals surface area contributed by atoms with E-state index in [0.29, 0.717) is 29.9 Å². The van der Waals surface area contributed by atoms with Gasteiger partial charge in [0.15, 0.2) is 11.3 Å². The van der Waals surface area contributed by atoms with Gasteiger partial charge in [0, 0.05) is 35.8 Å². The summed E-state index contributed by atoms with van der Waals surface area (Å²) in [4.78, 5) is 13.9. The van der Waals surface area contributed by atoms with Gasteiger partial charge in [-0.25, -0.2) is 0 Å². The molecule has 20 heavy (non-hydrogen) atoms. The molecule has 1 aromatic heterocycles. The molecule has 0 unspecified atom stereocenters. The molecule has 0 aliphatic carbocycles. The fraction of sp³-hybridized carbons (Fsp3) is 0.267. The van der Waals surface area contributed by atoms with Gasteiger partial charge in [0.25, 0.3) is 0 Å². The van der Waals surface area contributed by atoms with E-state index in [9.17, 15) is 4.79 Å². The van der Waals surface area contributed by atoms with Crippen molar-refractivity contribution in [3.8, 4) is 11.3 Å². The second-order valence-corrected chi connectivity index (χ2v) is 5.04. The predicted octanol–water partition coefficient (Wildman–Crippen LogP) is 2.80. The monoisotopic (exact) mass is 291 g/mol. The molecule has 2 aromatic rings. The lowest BCUT2D eigenvalue weighted by Gasteiger charge is -2.27. The highest BCUT2D eigenvalue weighted by atomic mass is 35.5. The van der Waals surface area contributed by atoms with Crippen molar-refractivity contribution in [2.24, 2.45) is 0 Å². The van der Waals surface area contributed by atoms with Gasteiger partial charge in [0.1, 0.15) is 5.76 Å². The minimum absolute atomic E-state index is 0.0762. The second kappa shape index (κ2) is 5.69. The average molecular weight is 292 g/mol. The fourth-order valence-corrected chi connectivity index (χ4v) is 2.38. The Morgan fingerprint density at radius 3 is 2.65 bits per heavy atom. The average Bonchev–Trinajstić information content (AvgIpc) is 2.47. The molecule has 2 heterocycles. The first-order valence-corrected chi connectivity index (χ1v) is 6.84. The van der Waals surface area contributed by atoms with Crippen molar-refractivity contribution in [1.29, 1.82) is 0 Å². The third kappa shape index (κ3) is 2.86. The van der Waals surface area contributed by atoms with Crippen LogP contribution in [-0.2, 0) is 4.74 Å². The lowest BCUT2D eigenvalue weighted by atomic mass is 10.1. The predicted molar refractivity (Wildman–Crippen MR) is 78.5 cm³/mol. The van der Waals surface area contributed by atoms with Crippen molar-refractivity contribution >= 4 is 17.5 Å². The highest BCUT2D eigenvalue weighted by Gasteiger charge is 2.15. The lowest BCUT2D eigenvalue weighted by Crippen LogP contribution is -2.36. The normalized spacial score (nSPS) is 15.3. The van der Waals surface area contributed by atoms with E-state index in [2.05, 4.69) is 0 Å². The molecule has 1 aromatic carbocycles. The zero-order chi connectivity index (χ0) is 13.9. The smallest absolute Gasteiger partial charge is 0.200 e. The standard InChI is InChI=1S/C15H14ClNO3/c16-12-3-1-2-11(8-12)14-9-13(18)10-15(20-14)17-4-6-19-7-5-17/h1-3,8-10H,4-7H2. The summed E-state index contributed by atoms with van der Waals surface area (Å²) < 4.78 is 11.2. The molecule has 0 radical (unpaired) electrons. The zero-order valence-corrected chi connectivity index (χ0v) is 11.6. The summed E-state index contributed by atoms with van der Waals surface area (Å²) in [7, 11) is 0. The molecule has 5 heteroatoms. The van der Waals surface area contributed by atoms with Crippen molar-refractivity contribution in [1.82, 2.24) is 0 Å². The molecule has 0 spiro atoms. The van der Waals surface area contributed by atoms with Gasteiger partial charge >= 0.3 is 0 Å². The Balaban J connectivity index is 2.00. The molecular weight excluding hydrogens is 278 g/mol. The SMILES string of the molecule is O=c1cc(-c2cccc(Cl)c2)oc(N2CCOCC2)c1. The molecule has 0 bridgehead atoms. The van der Waals surface area contributed by atoms with Crippen LogP contribution in [0, 0.1) is 0 Å². The van der Waals surface area contributed by atoms with Crippen LogP contribution in [0.2, 0.25) is 5.02 Å². The van der Waals surface area contributed by atoms with E-state index in [-0.39, 0.29) is 5.43 Å². The van der Waals surface area contributed by atoms with Crippen molar-refractivity contribution in [3.05, 3.63) is 51.6 Å². The van der Waals surface area contributed by atoms with Crippen molar-refractivity contribution in [3.63, 3.8) is 0 Å². The summed E-state index contributed by atoms with van der Waals surface area (Å²) in [6, 6.07) is 10.3. The van der Waals surface area contributed by atoms with E-state index in [1.807, 2.05) is 17.0 Å². The molecule has 0 saturated carbocycles. The number of morpholine rings is 1. The molecule has 1 saturated heterocycles. The first kappa shape index (κ1) is 13.2. The maximum absolute atomic E-state index is 11.9. The van der Waals surface area contributed by atoms with Gasteiger partial charge in [0.05, 0.1) is 13.2 Å². The number of anilines is 1. The van der Waals surface area contributed by atoms with E-state index in [1.54, 1.807) is 12.1 Å². The quantitative estimate of drug-likeness (QED) is 0.853. The van der Waals surface area contributed by atoms with Crippen molar-refractivity contribution in [2.75, 3.05) is 31.2 Å². The Labute approximate surface area is 121 Å². The molecule has 104 valence electrons. The molecule has 1 fully saturated rings. The van der Waals surface area contributed by atoms with Crippen molar-refractivity contribution in [2.45, 2.75) is 0 Å². The van der Waals surface area contributed by atoms with Gasteiger partial charge < -0.3 is 14.1 Å². The number of rotatable bonds is 2. The van der Waals surface area contributed by atoms with Gasteiger partial charge in [-0.15, -0.1) is 0 Å². The van der Waals surface area contributed by atoms with Gasteiger partial charge in [-0.2, -0.15) is 0 Å². The van der Waals surface area contributed by atoms with Crippen LogP contribution in [0.4, 0.5) is 5.88 Å². The summed E-state index contributed by atoms with van der Waals surface area (Å²) in [6.45, 7) is 2.74. The first-order valence-electron chi connectivity index (χ1n) is 6.46. The van der Waals surface area contributed by atoms with E-state index in [0.717, 1.165) is 18.7 Å². The minimum atomic E-state index is -0.0762. The second-order valence-electron chi connectivity index (χ2n) is 4.61. The summed E-state index contributed by atoms with van der Waals surface area (Å²) in [6.07, 6.45) is 0. The lowest BCUT2D eigenvalue weighted by molar-refractivity contribution is 0.120. The Morgan fingerprint density at radius 1 is 1.10 bits per heavy atom. The fourth-order valence-electron chi connectivity index (χ4n) is 2.19. The Bertz CT molecular complexity index is 662. The van der Waals surface area contributed by atoms with Crippen LogP contribution < -0.4 is 10.3 Å². The van der Waals surface area contributed by atoms with Gasteiger partial charge in [0.2, 0.25) is 0 Å². The maximum atomic E-state index is 11.9. The van der Waals surface area contributed by atoms with Crippen LogP contribution in [-0.4, -0.2) is 26.3 Å². The molecule has 1 aliphatic heterocycles. The van der Waals surface area contributed by atoms with E-state index in [1.165, 1.54) is 12.1 Å². The number of benzene rings is 1. The number of nitrogens with zero attached hydrogens (tertiary/aromatic N) is 1. The Hall–Kier alpha value is -1.78. The van der Waals surface area contributed by atoms with E-state index in [4.69, 9.17) is 20.8 Å². The highest BCUT2D eigenvalue weighted by Crippen LogP contribution is 2.25. The molecule has 1 aliphatic rings. The van der Waals surface area contributed by atoms with Crippen LogP contribution in [0.25, 0.3) is 11.3 Å². The maximum Gasteiger partial charge on any atom is 0.200 e. The van der Waals surface area contributed by atoms with Crippen LogP contribution >= 0.6 is 11.6 Å². The van der Waals surface area contributed by atoms with Gasteiger partial charge in [-0.05, 0) is 12.1 Å². The molecular formula is C15H14ClNO3. The molecule has 3 rings (SSSR count). The number of ether oxygens (including phenoxy) is 1. The molecule has 4 nitrogen and oxygen atoms in total. The topological polar surface area (TPSA) is 42.7 Å². The summed E-state index contributed by atoms with van der Waals surface area (Å²) in [5.74, 6) is 1.11. The third-order valence-electron chi connectivity index (χ3n) is 3.19. The minimum Gasteiger partial charge on any atom is -0.440 e. The van der Waals surface area contributed by atoms with Crippen molar-refractivity contribution < 1.29 is 9.15 Å². The number of hydrogen-bond donors (Lipinski definition) is 0. The van der Waals surface area contributed by atoms with Gasteiger partial charge in [-0.3, -0.25) is 4.79 Å². The Kier molecular flexibility index (Phi) is 3.76. The number of halogens is 1. The summed E-state index contributed by atoms with van der Waals surface area (Å²) in [5.41, 5.74) is 0.720. The molecule has 0 atom stereocenters. The third-order valence-corrected chi connectivity index (χ3v) is 3.42. The van der Waals surface area contributed by atoms with Crippen LogP contribution in [0.1, 0.15) is 0 Å². The van der Waals surface area contributed by atoms with Crippen LogP contribution in [0.15, 0.2) is 45.6 Å². The van der Waals surface area contributed by atoms with Gasteiger partial charge in [-0.1, -0.05) is 23.7 Å². The number of hydrogen-bond acceptors (Lipinski definition) is 4. The summed E-state index contributed by atoms with van der Waals surface area (Å²) >= 11 is 5.98. The Morgan fingerprint density at radius 2 is 1.90 bits per heavy atom. The summed E-state index contributed by atoms with van der Waals surface area (Å²) in [5, 5.41) is 0.613. The zero-order valence-electron chi connectivity index (χ0n) is 10.8.